The Kier molecular flexibility index (Phi) is 9.45. The zero-order chi connectivity index (χ0) is 30.5. The lowest BCUT2D eigenvalue weighted by Gasteiger charge is -2.38. The summed E-state index contributed by atoms with van der Waals surface area (Å²) in [6, 6.07) is 6.57. The minimum absolute atomic E-state index is 0.317. The third-order valence-corrected chi connectivity index (χ3v) is 9.01. The molecule has 230 valence electrons. The van der Waals surface area contributed by atoms with Crippen molar-refractivity contribution in [1.29, 1.82) is 0 Å². The number of alkyl halides is 3. The molecular formula is C26H33F3N6O6S. The lowest BCUT2D eigenvalue weighted by molar-refractivity contribution is -0.192. The molecule has 42 heavy (non-hydrogen) atoms. The van der Waals surface area contributed by atoms with E-state index in [-0.39, 0.29) is 11.7 Å². The van der Waals surface area contributed by atoms with Crippen molar-refractivity contribution in [1.82, 2.24) is 9.97 Å². The average molecular weight is 615 g/mol. The first-order valence-corrected chi connectivity index (χ1v) is 15.2. The number of benzene rings is 1. The first-order valence-electron chi connectivity index (χ1n) is 13.5. The van der Waals surface area contributed by atoms with Crippen LogP contribution in [0.5, 0.6) is 0 Å². The van der Waals surface area contributed by atoms with Crippen LogP contribution in [0.2, 0.25) is 0 Å². The summed E-state index contributed by atoms with van der Waals surface area (Å²) < 4.78 is 58.7. The molecule has 0 radical (unpaired) electrons. The number of fused-ring (bicyclic) bond motifs is 6. The Morgan fingerprint density at radius 3 is 2.48 bits per heavy atom. The number of rotatable bonds is 4. The molecule has 2 fully saturated rings. The third-order valence-electron chi connectivity index (χ3n) is 7.74. The van der Waals surface area contributed by atoms with Crippen molar-refractivity contribution >= 4 is 45.0 Å². The zero-order valence-corrected chi connectivity index (χ0v) is 23.5. The number of carbonyl (C=O) groups excluding carboxylic acids is 1. The van der Waals surface area contributed by atoms with E-state index in [1.807, 2.05) is 0 Å². The van der Waals surface area contributed by atoms with Crippen LogP contribution in [-0.2, 0) is 14.8 Å². The van der Waals surface area contributed by atoms with Gasteiger partial charge < -0.3 is 25.7 Å². The molecule has 1 spiro atoms. The van der Waals surface area contributed by atoms with Gasteiger partial charge in [-0.2, -0.15) is 18.2 Å². The van der Waals surface area contributed by atoms with E-state index >= 15 is 0 Å². The SMILES string of the molecule is O=C(O)C(F)(F)F.O=C1Nc2ccnc(n2)NCCCC2(CC2)C2CCN(CC2)c2cc(NS(=O)(=O)CCO)ccc21. The average Bonchev–Trinajstić information content (AvgIpc) is 3.71. The molecule has 4 heterocycles. The van der Waals surface area contributed by atoms with Gasteiger partial charge in [0.1, 0.15) is 5.82 Å². The van der Waals surface area contributed by atoms with Gasteiger partial charge in [-0.1, -0.05) is 0 Å². The van der Waals surface area contributed by atoms with Crippen LogP contribution in [0.1, 0.15) is 48.9 Å². The first kappa shape index (κ1) is 31.3. The minimum Gasteiger partial charge on any atom is -0.475 e. The van der Waals surface area contributed by atoms with E-state index in [0.717, 1.165) is 38.9 Å². The number of aliphatic hydroxyl groups excluding tert-OH is 1. The summed E-state index contributed by atoms with van der Waals surface area (Å²) in [5.41, 5.74) is 1.94. The number of carboxylic acids is 1. The third kappa shape index (κ3) is 8.00. The number of nitrogens with one attached hydrogen (secondary N) is 3. The molecule has 16 heteroatoms. The molecule has 0 atom stereocenters. The number of amides is 1. The molecule has 1 aliphatic carbocycles. The molecule has 1 amide bonds. The summed E-state index contributed by atoms with van der Waals surface area (Å²) in [4.78, 5) is 33.1. The predicted molar refractivity (Wildman–Crippen MR) is 149 cm³/mol. The molecule has 1 saturated heterocycles. The summed E-state index contributed by atoms with van der Waals surface area (Å²) in [5.74, 6) is -1.92. The van der Waals surface area contributed by atoms with E-state index in [9.17, 15) is 26.4 Å². The second-order valence-electron chi connectivity index (χ2n) is 10.6. The van der Waals surface area contributed by atoms with E-state index in [2.05, 4.69) is 30.2 Å². The molecule has 2 aromatic rings. The van der Waals surface area contributed by atoms with Crippen LogP contribution in [0.3, 0.4) is 0 Å². The maximum Gasteiger partial charge on any atom is 0.490 e. The standard InChI is InChI=1S/C24H32N6O4S.C2HF3O2/c31-14-15-35(33,34)29-18-2-3-19-20(16-18)30-12-5-17(6-13-30)24(8-9-24)7-1-10-25-23-26-11-4-21(28-23)27-22(19)32;3-2(4,5)1(6)7/h2-4,11,16-17,29,31H,1,5-10,12-15H2,(H2,25,26,27,28,32);(H,6,7). The van der Waals surface area contributed by atoms with Gasteiger partial charge in [0.25, 0.3) is 5.91 Å². The molecule has 1 aromatic carbocycles. The smallest absolute Gasteiger partial charge is 0.475 e. The molecule has 1 aromatic heterocycles. The summed E-state index contributed by atoms with van der Waals surface area (Å²) in [6.45, 7) is 1.97. The number of halogens is 3. The highest BCUT2D eigenvalue weighted by atomic mass is 32.2. The van der Waals surface area contributed by atoms with Crippen molar-refractivity contribution in [2.24, 2.45) is 11.3 Å². The van der Waals surface area contributed by atoms with Gasteiger partial charge in [-0.3, -0.25) is 9.52 Å². The Balaban J connectivity index is 0.000000517. The van der Waals surface area contributed by atoms with Crippen LogP contribution in [0, 0.1) is 11.3 Å². The fraction of sp³-hybridized carbons (Fsp3) is 0.538. The van der Waals surface area contributed by atoms with Gasteiger partial charge in [0, 0.05) is 25.8 Å². The fourth-order valence-electron chi connectivity index (χ4n) is 5.49. The van der Waals surface area contributed by atoms with Crippen LogP contribution >= 0.6 is 0 Å². The predicted octanol–water partition coefficient (Wildman–Crippen LogP) is 3.30. The lowest BCUT2D eigenvalue weighted by atomic mass is 9.78. The van der Waals surface area contributed by atoms with Crippen molar-refractivity contribution in [2.45, 2.75) is 44.7 Å². The van der Waals surface area contributed by atoms with E-state index < -0.39 is 28.8 Å². The molecular weight excluding hydrogens is 581 g/mol. The second-order valence-corrected chi connectivity index (χ2v) is 12.4. The number of anilines is 4. The number of hydrogen-bond donors (Lipinski definition) is 5. The van der Waals surface area contributed by atoms with Gasteiger partial charge in [-0.05, 0) is 74.1 Å². The molecule has 5 N–H and O–H groups in total. The zero-order valence-electron chi connectivity index (χ0n) is 22.7. The summed E-state index contributed by atoms with van der Waals surface area (Å²) in [6.07, 6.45) is 3.43. The maximum atomic E-state index is 13.3. The number of carboxylic acid groups (broad SMARTS) is 1. The molecule has 3 aliphatic heterocycles. The van der Waals surface area contributed by atoms with Gasteiger partial charge in [0.15, 0.2) is 0 Å². The van der Waals surface area contributed by atoms with Crippen molar-refractivity contribution < 1.29 is 41.4 Å². The van der Waals surface area contributed by atoms with E-state index in [1.54, 1.807) is 30.5 Å². The quantitative estimate of drug-likeness (QED) is 0.344. The number of aliphatic hydroxyl groups is 1. The van der Waals surface area contributed by atoms with E-state index in [1.165, 1.54) is 19.3 Å². The van der Waals surface area contributed by atoms with Gasteiger partial charge in [0.2, 0.25) is 16.0 Å². The number of sulfonamides is 1. The van der Waals surface area contributed by atoms with Gasteiger partial charge in [0.05, 0.1) is 29.3 Å². The summed E-state index contributed by atoms with van der Waals surface area (Å²) in [7, 11) is -3.68. The number of piperidine rings is 1. The Morgan fingerprint density at radius 1 is 1.17 bits per heavy atom. The van der Waals surface area contributed by atoms with Crippen molar-refractivity contribution in [3.8, 4) is 0 Å². The normalized spacial score (nSPS) is 18.7. The first-order chi connectivity index (χ1) is 19.8. The monoisotopic (exact) mass is 614 g/mol. The van der Waals surface area contributed by atoms with Crippen molar-refractivity contribution in [2.75, 3.05) is 52.2 Å². The van der Waals surface area contributed by atoms with Crippen LogP contribution in [0.15, 0.2) is 30.5 Å². The molecule has 0 unspecified atom stereocenters. The number of hydrogen-bond acceptors (Lipinski definition) is 9. The number of nitrogens with zero attached hydrogens (tertiary/aromatic N) is 3. The summed E-state index contributed by atoms with van der Waals surface area (Å²) >= 11 is 0. The Labute approximate surface area is 240 Å². The topological polar surface area (TPSA) is 174 Å². The molecule has 4 bridgehead atoms. The van der Waals surface area contributed by atoms with E-state index in [0.29, 0.717) is 40.0 Å². The highest BCUT2D eigenvalue weighted by Crippen LogP contribution is 2.58. The molecule has 6 rings (SSSR count). The van der Waals surface area contributed by atoms with Gasteiger partial charge in [-0.15, -0.1) is 0 Å². The Hall–Kier alpha value is -3.66. The minimum atomic E-state index is -5.08. The van der Waals surface area contributed by atoms with Crippen LogP contribution in [-0.4, -0.2) is 78.6 Å². The Morgan fingerprint density at radius 2 is 1.86 bits per heavy atom. The lowest BCUT2D eigenvalue weighted by Crippen LogP contribution is -2.38. The largest absolute Gasteiger partial charge is 0.490 e. The number of carbonyl (C=O) groups is 2. The maximum absolute atomic E-state index is 13.3. The van der Waals surface area contributed by atoms with Crippen LogP contribution in [0.25, 0.3) is 0 Å². The molecule has 1 saturated carbocycles. The number of aromatic nitrogens is 2. The van der Waals surface area contributed by atoms with Crippen molar-refractivity contribution in [3.63, 3.8) is 0 Å². The van der Waals surface area contributed by atoms with Crippen molar-refractivity contribution in [3.05, 3.63) is 36.0 Å². The number of aliphatic carboxylic acids is 1. The Bertz CT molecular complexity index is 1400. The van der Waals surface area contributed by atoms with Gasteiger partial charge >= 0.3 is 12.1 Å². The van der Waals surface area contributed by atoms with Crippen LogP contribution in [0.4, 0.5) is 36.3 Å². The highest BCUT2D eigenvalue weighted by Gasteiger charge is 2.49. The fourth-order valence-corrected chi connectivity index (χ4v) is 6.32. The second kappa shape index (κ2) is 12.7. The van der Waals surface area contributed by atoms with E-state index in [4.69, 9.17) is 15.0 Å². The highest BCUT2D eigenvalue weighted by molar-refractivity contribution is 7.92. The van der Waals surface area contributed by atoms with Crippen LogP contribution < -0.4 is 20.3 Å². The van der Waals surface area contributed by atoms with Gasteiger partial charge in [-0.25, -0.2) is 18.2 Å². The molecule has 12 nitrogen and oxygen atoms in total. The molecule has 4 aliphatic rings. The summed E-state index contributed by atoms with van der Waals surface area (Å²) in [5, 5.41) is 22.3.